The van der Waals surface area contributed by atoms with Crippen molar-refractivity contribution in [1.29, 1.82) is 0 Å². The van der Waals surface area contributed by atoms with Gasteiger partial charge >= 0.3 is 0 Å². The van der Waals surface area contributed by atoms with Crippen LogP contribution in [0.5, 0.6) is 0 Å². The third kappa shape index (κ3) is 1.37. The lowest BCUT2D eigenvalue weighted by atomic mass is 9.92. The van der Waals surface area contributed by atoms with Gasteiger partial charge in [0.1, 0.15) is 11.4 Å². The lowest BCUT2D eigenvalue weighted by Gasteiger charge is -2.12. The number of hydrogen-bond donors (Lipinski definition) is 1. The number of anilines is 1. The monoisotopic (exact) mass is 230 g/mol. The fraction of sp³-hybridized carbons (Fsp3) is 0.308. The molecule has 88 valence electrons. The highest BCUT2D eigenvalue weighted by atomic mass is 16.6. The summed E-state index contributed by atoms with van der Waals surface area (Å²) < 4.78 is 11.0. The highest BCUT2D eigenvalue weighted by Crippen LogP contribution is 2.48. The fourth-order valence-corrected chi connectivity index (χ4v) is 2.18. The SMILES string of the molecule is Cc1ccccc1C1(c2onc(C)c2N)CO1. The zero-order chi connectivity index (χ0) is 12.0. The Bertz CT molecular complexity index is 571. The molecule has 2 aromatic rings. The Balaban J connectivity index is 2.14. The zero-order valence-electron chi connectivity index (χ0n) is 9.86. The minimum absolute atomic E-state index is 0.517. The number of rotatable bonds is 2. The lowest BCUT2D eigenvalue weighted by molar-refractivity contribution is 0.274. The maximum absolute atomic E-state index is 5.98. The summed E-state index contributed by atoms with van der Waals surface area (Å²) in [4.78, 5) is 0. The largest absolute Gasteiger partial charge is 0.394 e. The molecule has 2 heterocycles. The van der Waals surface area contributed by atoms with Gasteiger partial charge in [0, 0.05) is 0 Å². The number of hydrogen-bond acceptors (Lipinski definition) is 4. The highest BCUT2D eigenvalue weighted by Gasteiger charge is 2.54. The summed E-state index contributed by atoms with van der Waals surface area (Å²) in [6, 6.07) is 8.09. The van der Waals surface area contributed by atoms with Crippen LogP contribution in [-0.2, 0) is 10.3 Å². The van der Waals surface area contributed by atoms with E-state index in [1.165, 1.54) is 5.56 Å². The Kier molecular flexibility index (Phi) is 2.03. The molecule has 0 bridgehead atoms. The van der Waals surface area contributed by atoms with E-state index in [0.717, 1.165) is 5.56 Å². The first-order chi connectivity index (χ1) is 8.15. The summed E-state index contributed by atoms with van der Waals surface area (Å²) in [7, 11) is 0. The molecule has 0 amide bonds. The van der Waals surface area contributed by atoms with Crippen LogP contribution in [0.3, 0.4) is 0 Å². The van der Waals surface area contributed by atoms with Gasteiger partial charge in [-0.25, -0.2) is 0 Å². The van der Waals surface area contributed by atoms with Crippen molar-refractivity contribution >= 4 is 5.69 Å². The highest BCUT2D eigenvalue weighted by molar-refractivity contribution is 5.54. The molecule has 0 spiro atoms. The summed E-state index contributed by atoms with van der Waals surface area (Å²) in [6.07, 6.45) is 0. The number of nitrogen functional groups attached to an aromatic ring is 1. The molecular formula is C13H14N2O2. The van der Waals surface area contributed by atoms with Crippen LogP contribution >= 0.6 is 0 Å². The summed E-state index contributed by atoms with van der Waals surface area (Å²) in [6.45, 7) is 4.48. The lowest BCUT2D eigenvalue weighted by Crippen LogP contribution is -2.13. The first-order valence-electron chi connectivity index (χ1n) is 5.57. The van der Waals surface area contributed by atoms with E-state index in [4.69, 9.17) is 15.0 Å². The van der Waals surface area contributed by atoms with E-state index in [0.29, 0.717) is 23.7 Å². The van der Waals surface area contributed by atoms with Crippen LogP contribution < -0.4 is 5.73 Å². The molecular weight excluding hydrogens is 216 g/mol. The van der Waals surface area contributed by atoms with Crippen LogP contribution in [0, 0.1) is 13.8 Å². The Hall–Kier alpha value is -1.81. The van der Waals surface area contributed by atoms with E-state index in [2.05, 4.69) is 18.1 Å². The van der Waals surface area contributed by atoms with E-state index in [1.54, 1.807) is 0 Å². The molecule has 1 aromatic heterocycles. The molecule has 0 radical (unpaired) electrons. The van der Waals surface area contributed by atoms with Crippen LogP contribution in [0.1, 0.15) is 22.6 Å². The Morgan fingerprint density at radius 3 is 2.53 bits per heavy atom. The normalized spacial score (nSPS) is 22.7. The third-order valence-corrected chi connectivity index (χ3v) is 3.29. The second-order valence-corrected chi connectivity index (χ2v) is 4.44. The second kappa shape index (κ2) is 3.34. The topological polar surface area (TPSA) is 64.6 Å². The minimum Gasteiger partial charge on any atom is -0.394 e. The molecule has 1 aliphatic heterocycles. The van der Waals surface area contributed by atoms with Gasteiger partial charge in [0.05, 0.1) is 6.61 Å². The predicted molar refractivity (Wildman–Crippen MR) is 63.6 cm³/mol. The number of benzene rings is 1. The maximum Gasteiger partial charge on any atom is 0.198 e. The zero-order valence-corrected chi connectivity index (χ0v) is 9.86. The number of nitrogens with two attached hydrogens (primary N) is 1. The molecule has 0 saturated carbocycles. The van der Waals surface area contributed by atoms with Crippen molar-refractivity contribution in [3.63, 3.8) is 0 Å². The minimum atomic E-state index is -0.517. The van der Waals surface area contributed by atoms with Crippen molar-refractivity contribution in [3.05, 3.63) is 46.8 Å². The summed E-state index contributed by atoms with van der Waals surface area (Å²) in [5.41, 5.74) is 9.03. The van der Waals surface area contributed by atoms with Crippen molar-refractivity contribution in [2.45, 2.75) is 19.4 Å². The standard InChI is InChI=1S/C13H14N2O2/c1-8-5-3-4-6-10(8)13(7-16-13)12-11(14)9(2)15-17-12/h3-6H,7,14H2,1-2H3. The molecule has 1 aliphatic rings. The summed E-state index contributed by atoms with van der Waals surface area (Å²) in [5.74, 6) is 0.629. The van der Waals surface area contributed by atoms with Gasteiger partial charge in [-0.15, -0.1) is 0 Å². The van der Waals surface area contributed by atoms with E-state index < -0.39 is 5.60 Å². The van der Waals surface area contributed by atoms with E-state index in [9.17, 15) is 0 Å². The average Bonchev–Trinajstić information content (AvgIpc) is 3.04. The maximum atomic E-state index is 5.98. The molecule has 4 heteroatoms. The van der Waals surface area contributed by atoms with Gasteiger partial charge in [0.2, 0.25) is 0 Å². The van der Waals surface area contributed by atoms with E-state index in [1.807, 2.05) is 25.1 Å². The third-order valence-electron chi connectivity index (χ3n) is 3.29. The first-order valence-corrected chi connectivity index (χ1v) is 5.57. The molecule has 1 atom stereocenters. The quantitative estimate of drug-likeness (QED) is 0.803. The second-order valence-electron chi connectivity index (χ2n) is 4.44. The van der Waals surface area contributed by atoms with Gasteiger partial charge in [-0.3, -0.25) is 0 Å². The molecule has 1 fully saturated rings. The Morgan fingerprint density at radius 1 is 1.29 bits per heavy atom. The first kappa shape index (κ1) is 10.4. The van der Waals surface area contributed by atoms with E-state index in [-0.39, 0.29) is 0 Å². The van der Waals surface area contributed by atoms with Crippen molar-refractivity contribution in [2.24, 2.45) is 0 Å². The van der Waals surface area contributed by atoms with E-state index >= 15 is 0 Å². The van der Waals surface area contributed by atoms with Crippen LogP contribution in [0.4, 0.5) is 5.69 Å². The van der Waals surface area contributed by atoms with Crippen molar-refractivity contribution in [3.8, 4) is 0 Å². The summed E-state index contributed by atoms with van der Waals surface area (Å²) >= 11 is 0. The number of ether oxygens (including phenoxy) is 1. The van der Waals surface area contributed by atoms with Crippen LogP contribution in [0.2, 0.25) is 0 Å². The van der Waals surface area contributed by atoms with Gasteiger partial charge in [-0.2, -0.15) is 0 Å². The molecule has 1 unspecified atom stereocenters. The van der Waals surface area contributed by atoms with Crippen molar-refractivity contribution < 1.29 is 9.26 Å². The molecule has 17 heavy (non-hydrogen) atoms. The fourth-order valence-electron chi connectivity index (χ4n) is 2.18. The Morgan fingerprint density at radius 2 is 2.00 bits per heavy atom. The van der Waals surface area contributed by atoms with Crippen molar-refractivity contribution in [1.82, 2.24) is 5.16 Å². The van der Waals surface area contributed by atoms with Crippen LogP contribution in [0.15, 0.2) is 28.8 Å². The predicted octanol–water partition coefficient (Wildman–Crippen LogP) is 2.15. The molecule has 1 saturated heterocycles. The van der Waals surface area contributed by atoms with Gasteiger partial charge in [0.15, 0.2) is 11.4 Å². The summed E-state index contributed by atoms with van der Waals surface area (Å²) in [5, 5.41) is 3.90. The van der Waals surface area contributed by atoms with Gasteiger partial charge in [0.25, 0.3) is 0 Å². The van der Waals surface area contributed by atoms with Gasteiger partial charge in [-0.05, 0) is 25.0 Å². The molecule has 4 nitrogen and oxygen atoms in total. The molecule has 0 aliphatic carbocycles. The number of aryl methyl sites for hydroxylation is 2. The smallest absolute Gasteiger partial charge is 0.198 e. The Labute approximate surface area is 99.4 Å². The molecule has 3 rings (SSSR count). The van der Waals surface area contributed by atoms with Crippen LogP contribution in [-0.4, -0.2) is 11.8 Å². The average molecular weight is 230 g/mol. The van der Waals surface area contributed by atoms with Crippen LogP contribution in [0.25, 0.3) is 0 Å². The molecule has 1 aromatic carbocycles. The van der Waals surface area contributed by atoms with Gasteiger partial charge < -0.3 is 15.0 Å². The molecule has 2 N–H and O–H groups in total. The number of epoxide rings is 1. The number of nitrogens with zero attached hydrogens (tertiary/aromatic N) is 1. The van der Waals surface area contributed by atoms with Crippen molar-refractivity contribution in [2.75, 3.05) is 12.3 Å². The number of aromatic nitrogens is 1. The van der Waals surface area contributed by atoms with Gasteiger partial charge in [-0.1, -0.05) is 29.4 Å².